The van der Waals surface area contributed by atoms with Crippen LogP contribution < -0.4 is 14.4 Å². The van der Waals surface area contributed by atoms with E-state index in [-0.39, 0.29) is 22.5 Å². The van der Waals surface area contributed by atoms with Gasteiger partial charge in [0, 0.05) is 43.4 Å². The third-order valence-corrected chi connectivity index (χ3v) is 7.85. The van der Waals surface area contributed by atoms with Crippen molar-refractivity contribution in [2.45, 2.75) is 10.9 Å². The van der Waals surface area contributed by atoms with Crippen molar-refractivity contribution in [2.24, 2.45) is 0 Å². The summed E-state index contributed by atoms with van der Waals surface area (Å²) in [6, 6.07) is 15.8. The fourth-order valence-corrected chi connectivity index (χ4v) is 5.72. The van der Waals surface area contributed by atoms with E-state index in [9.17, 15) is 8.42 Å². The van der Waals surface area contributed by atoms with Crippen LogP contribution in [0.5, 0.6) is 5.75 Å². The zero-order chi connectivity index (χ0) is 23.4. The molecule has 0 spiro atoms. The maximum absolute atomic E-state index is 12.9. The highest BCUT2D eigenvalue weighted by atomic mass is 35.5. The van der Waals surface area contributed by atoms with E-state index in [0.29, 0.717) is 10.8 Å². The second kappa shape index (κ2) is 10.4. The number of ether oxygens (including phenoxy) is 1. The van der Waals surface area contributed by atoms with Crippen LogP contribution in [0.2, 0.25) is 10.0 Å². The van der Waals surface area contributed by atoms with Gasteiger partial charge in [0.1, 0.15) is 16.4 Å². The molecule has 2 aromatic carbocycles. The summed E-state index contributed by atoms with van der Waals surface area (Å²) >= 11 is 12.1. The van der Waals surface area contributed by atoms with Crippen LogP contribution in [0.25, 0.3) is 0 Å². The number of methoxy groups -OCH3 is 1. The van der Waals surface area contributed by atoms with Gasteiger partial charge in [0.05, 0.1) is 24.4 Å². The van der Waals surface area contributed by atoms with Crippen molar-refractivity contribution in [1.82, 2.24) is 9.62 Å². The quantitative estimate of drug-likeness (QED) is 0.483. The maximum Gasteiger partial charge on any atom is 0.242 e. The SMILES string of the molecule is COc1ccc(N2CCN(C(CNS(=O)(=O)c3cc(Cl)ccc3Cl)c3ccco3)CC2)cc1. The van der Waals surface area contributed by atoms with E-state index in [1.807, 2.05) is 30.3 Å². The Balaban J connectivity index is 1.46. The van der Waals surface area contributed by atoms with Gasteiger partial charge in [0.25, 0.3) is 0 Å². The first-order valence-electron chi connectivity index (χ1n) is 10.5. The summed E-state index contributed by atoms with van der Waals surface area (Å²) in [5.74, 6) is 1.52. The molecular weight excluding hydrogens is 485 g/mol. The summed E-state index contributed by atoms with van der Waals surface area (Å²) in [5, 5.41) is 0.423. The number of anilines is 1. The summed E-state index contributed by atoms with van der Waals surface area (Å²) in [7, 11) is -2.21. The normalized spacial score (nSPS) is 16.0. The fourth-order valence-electron chi connectivity index (χ4n) is 3.92. The second-order valence-electron chi connectivity index (χ2n) is 7.68. The Morgan fingerprint density at radius 2 is 1.79 bits per heavy atom. The highest BCUT2D eigenvalue weighted by molar-refractivity contribution is 7.89. The van der Waals surface area contributed by atoms with Gasteiger partial charge >= 0.3 is 0 Å². The largest absolute Gasteiger partial charge is 0.497 e. The van der Waals surface area contributed by atoms with E-state index in [4.69, 9.17) is 32.4 Å². The van der Waals surface area contributed by atoms with Gasteiger partial charge in [-0.05, 0) is 54.6 Å². The van der Waals surface area contributed by atoms with Gasteiger partial charge < -0.3 is 14.1 Å². The molecule has 1 atom stereocenters. The summed E-state index contributed by atoms with van der Waals surface area (Å²) < 4.78 is 39.4. The Morgan fingerprint density at radius 1 is 1.06 bits per heavy atom. The number of hydrogen-bond donors (Lipinski definition) is 1. The van der Waals surface area contributed by atoms with Crippen LogP contribution in [-0.2, 0) is 10.0 Å². The van der Waals surface area contributed by atoms with Crippen molar-refractivity contribution in [3.63, 3.8) is 0 Å². The standard InChI is InChI=1S/C23H25Cl2N3O4S/c1-31-19-7-5-18(6-8-19)27-10-12-28(13-11-27)21(22-3-2-14-32-22)16-26-33(29,30)23-15-17(24)4-9-20(23)25/h2-9,14-15,21,26H,10-13,16H2,1H3. The lowest BCUT2D eigenvalue weighted by molar-refractivity contribution is 0.166. The molecule has 1 aromatic heterocycles. The van der Waals surface area contributed by atoms with Gasteiger partial charge in [-0.25, -0.2) is 13.1 Å². The van der Waals surface area contributed by atoms with E-state index in [2.05, 4.69) is 14.5 Å². The maximum atomic E-state index is 12.9. The molecular formula is C23H25Cl2N3O4S. The molecule has 0 aliphatic carbocycles. The molecule has 0 radical (unpaired) electrons. The summed E-state index contributed by atoms with van der Waals surface area (Å²) in [4.78, 5) is 4.48. The van der Waals surface area contributed by atoms with E-state index in [1.54, 1.807) is 25.5 Å². The Labute approximate surface area is 203 Å². The first-order chi connectivity index (χ1) is 15.9. The number of nitrogens with zero attached hydrogens (tertiary/aromatic N) is 2. The van der Waals surface area contributed by atoms with E-state index in [1.165, 1.54) is 12.1 Å². The molecule has 3 aromatic rings. The van der Waals surface area contributed by atoms with Gasteiger partial charge in [0.2, 0.25) is 10.0 Å². The highest BCUT2D eigenvalue weighted by Crippen LogP contribution is 2.28. The molecule has 2 heterocycles. The van der Waals surface area contributed by atoms with Crippen molar-refractivity contribution in [3.8, 4) is 5.75 Å². The molecule has 0 saturated carbocycles. The van der Waals surface area contributed by atoms with Crippen LogP contribution in [0.1, 0.15) is 11.8 Å². The van der Waals surface area contributed by atoms with Crippen molar-refractivity contribution in [1.29, 1.82) is 0 Å². The number of hydrogen-bond acceptors (Lipinski definition) is 6. The number of benzene rings is 2. The molecule has 1 saturated heterocycles. The first-order valence-corrected chi connectivity index (χ1v) is 12.7. The Bertz CT molecular complexity index is 1160. The van der Waals surface area contributed by atoms with Crippen molar-refractivity contribution < 1.29 is 17.6 Å². The van der Waals surface area contributed by atoms with E-state index in [0.717, 1.165) is 37.6 Å². The smallest absolute Gasteiger partial charge is 0.242 e. The zero-order valence-electron chi connectivity index (χ0n) is 18.1. The molecule has 0 bridgehead atoms. The van der Waals surface area contributed by atoms with Gasteiger partial charge in [0.15, 0.2) is 0 Å². The molecule has 1 unspecified atom stereocenters. The number of furan rings is 1. The number of halogens is 2. The molecule has 1 N–H and O–H groups in total. The Morgan fingerprint density at radius 3 is 2.42 bits per heavy atom. The lowest BCUT2D eigenvalue weighted by Crippen LogP contribution is -2.49. The van der Waals surface area contributed by atoms with E-state index < -0.39 is 10.0 Å². The zero-order valence-corrected chi connectivity index (χ0v) is 20.4. The molecule has 0 amide bonds. The van der Waals surface area contributed by atoms with Crippen molar-refractivity contribution in [3.05, 3.63) is 76.7 Å². The molecule has 1 aliphatic heterocycles. The van der Waals surface area contributed by atoms with Gasteiger partial charge in [-0.3, -0.25) is 4.90 Å². The number of sulfonamides is 1. The van der Waals surface area contributed by atoms with Crippen LogP contribution in [0.3, 0.4) is 0 Å². The number of rotatable bonds is 8. The van der Waals surface area contributed by atoms with Crippen LogP contribution in [0.4, 0.5) is 5.69 Å². The van der Waals surface area contributed by atoms with Crippen molar-refractivity contribution >= 4 is 38.9 Å². The molecule has 4 rings (SSSR count). The molecule has 1 aliphatic rings. The van der Waals surface area contributed by atoms with Crippen molar-refractivity contribution in [2.75, 3.05) is 44.7 Å². The minimum Gasteiger partial charge on any atom is -0.497 e. The van der Waals surface area contributed by atoms with Crippen LogP contribution in [-0.4, -0.2) is 53.2 Å². The monoisotopic (exact) mass is 509 g/mol. The minimum atomic E-state index is -3.86. The van der Waals surface area contributed by atoms with Gasteiger partial charge in [-0.15, -0.1) is 0 Å². The lowest BCUT2D eigenvalue weighted by Gasteiger charge is -2.39. The fraction of sp³-hybridized carbons (Fsp3) is 0.304. The van der Waals surface area contributed by atoms with Gasteiger partial charge in [-0.1, -0.05) is 23.2 Å². The number of piperazine rings is 1. The molecule has 33 heavy (non-hydrogen) atoms. The predicted octanol–water partition coefficient (Wildman–Crippen LogP) is 4.44. The first kappa shape index (κ1) is 23.9. The predicted molar refractivity (Wildman–Crippen MR) is 130 cm³/mol. The van der Waals surface area contributed by atoms with Gasteiger partial charge in [-0.2, -0.15) is 0 Å². The average molecular weight is 510 g/mol. The third-order valence-electron chi connectivity index (χ3n) is 5.71. The summed E-state index contributed by atoms with van der Waals surface area (Å²) in [6.07, 6.45) is 1.60. The molecule has 176 valence electrons. The van der Waals surface area contributed by atoms with Crippen LogP contribution in [0, 0.1) is 0 Å². The van der Waals surface area contributed by atoms with Crippen LogP contribution >= 0.6 is 23.2 Å². The number of nitrogens with one attached hydrogen (secondary N) is 1. The Hall–Kier alpha value is -2.23. The summed E-state index contributed by atoms with van der Waals surface area (Å²) in [5.41, 5.74) is 1.13. The molecule has 10 heteroatoms. The second-order valence-corrected chi connectivity index (χ2v) is 10.3. The topological polar surface area (TPSA) is 75.0 Å². The Kier molecular flexibility index (Phi) is 7.51. The minimum absolute atomic E-state index is 0.0424. The highest BCUT2D eigenvalue weighted by Gasteiger charge is 2.29. The average Bonchev–Trinajstić information content (AvgIpc) is 3.36. The molecule has 7 nitrogen and oxygen atoms in total. The molecule has 1 fully saturated rings. The van der Waals surface area contributed by atoms with E-state index >= 15 is 0 Å². The lowest BCUT2D eigenvalue weighted by atomic mass is 10.1. The summed E-state index contributed by atoms with van der Waals surface area (Å²) in [6.45, 7) is 3.24. The third kappa shape index (κ3) is 5.65. The van der Waals surface area contributed by atoms with Crippen LogP contribution in [0.15, 0.2) is 70.2 Å².